The van der Waals surface area contributed by atoms with Crippen molar-refractivity contribution in [2.45, 2.75) is 6.18 Å². The molecule has 0 aliphatic heterocycles. The van der Waals surface area contributed by atoms with Crippen LogP contribution in [0.25, 0.3) is 10.9 Å². The Morgan fingerprint density at radius 3 is 2.50 bits per heavy atom. The van der Waals surface area contributed by atoms with Crippen LogP contribution in [0.5, 0.6) is 0 Å². The molecule has 5 nitrogen and oxygen atoms in total. The molecule has 94 valence electrons. The maximum atomic E-state index is 12.4. The average Bonchev–Trinajstić information content (AvgIpc) is 2.27. The number of aromatic carboxylic acids is 1. The first kappa shape index (κ1) is 12.1. The van der Waals surface area contributed by atoms with Gasteiger partial charge < -0.3 is 10.8 Å². The summed E-state index contributed by atoms with van der Waals surface area (Å²) in [6.07, 6.45) is -4.70. The lowest BCUT2D eigenvalue weighted by Gasteiger charge is -2.08. The number of fused-ring (bicyclic) bond motifs is 1. The topological polar surface area (TPSA) is 89.1 Å². The Labute approximate surface area is 98.1 Å². The molecule has 0 aliphatic rings. The number of aromatic nitrogens is 2. The van der Waals surface area contributed by atoms with E-state index in [2.05, 4.69) is 9.97 Å². The number of hydrogen-bond donors (Lipinski definition) is 2. The molecule has 0 atom stereocenters. The van der Waals surface area contributed by atoms with Gasteiger partial charge in [-0.2, -0.15) is 13.2 Å². The van der Waals surface area contributed by atoms with Gasteiger partial charge in [0.2, 0.25) is 5.82 Å². The van der Waals surface area contributed by atoms with Crippen LogP contribution in [-0.4, -0.2) is 21.0 Å². The Balaban J connectivity index is 2.70. The first-order valence-corrected chi connectivity index (χ1v) is 4.67. The number of carboxylic acids is 1. The molecule has 18 heavy (non-hydrogen) atoms. The molecule has 0 fully saturated rings. The number of rotatable bonds is 1. The van der Waals surface area contributed by atoms with Crippen molar-refractivity contribution in [3.63, 3.8) is 0 Å². The molecule has 0 aliphatic carbocycles. The summed E-state index contributed by atoms with van der Waals surface area (Å²) in [4.78, 5) is 17.1. The molecule has 0 unspecified atom stereocenters. The number of benzene rings is 1. The van der Waals surface area contributed by atoms with Crippen LogP contribution in [0.2, 0.25) is 0 Å². The van der Waals surface area contributed by atoms with E-state index < -0.39 is 23.8 Å². The molecule has 0 bridgehead atoms. The third kappa shape index (κ3) is 2.04. The molecule has 0 spiro atoms. The van der Waals surface area contributed by atoms with E-state index in [0.29, 0.717) is 0 Å². The standard InChI is InChI=1S/C10H6F3N3O2/c11-10(12,13)9-15-6-2-1-4(8(17)18)3-5(6)7(14)16-9/h1-3H,(H,17,18)(H2,14,15,16). The maximum Gasteiger partial charge on any atom is 0.451 e. The third-order valence-corrected chi connectivity index (χ3v) is 2.23. The predicted octanol–water partition coefficient (Wildman–Crippen LogP) is 1.93. The lowest BCUT2D eigenvalue weighted by molar-refractivity contribution is -0.144. The summed E-state index contributed by atoms with van der Waals surface area (Å²) in [5.74, 6) is -2.97. The van der Waals surface area contributed by atoms with Crippen molar-refractivity contribution in [3.05, 3.63) is 29.6 Å². The number of nitrogen functional groups attached to an aromatic ring is 1. The fourth-order valence-electron chi connectivity index (χ4n) is 1.41. The smallest absolute Gasteiger partial charge is 0.451 e. The van der Waals surface area contributed by atoms with Crippen molar-refractivity contribution in [1.29, 1.82) is 0 Å². The number of anilines is 1. The van der Waals surface area contributed by atoms with Gasteiger partial charge in [0, 0.05) is 5.39 Å². The molecule has 0 radical (unpaired) electrons. The van der Waals surface area contributed by atoms with Gasteiger partial charge in [-0.25, -0.2) is 14.8 Å². The van der Waals surface area contributed by atoms with E-state index in [0.717, 1.165) is 18.2 Å². The van der Waals surface area contributed by atoms with E-state index in [-0.39, 0.29) is 16.5 Å². The van der Waals surface area contributed by atoms with Gasteiger partial charge in [-0.05, 0) is 18.2 Å². The number of halogens is 3. The highest BCUT2D eigenvalue weighted by Crippen LogP contribution is 2.29. The molecule has 0 saturated carbocycles. The number of nitrogens with two attached hydrogens (primary N) is 1. The summed E-state index contributed by atoms with van der Waals surface area (Å²) >= 11 is 0. The number of hydrogen-bond acceptors (Lipinski definition) is 4. The predicted molar refractivity (Wildman–Crippen MR) is 55.9 cm³/mol. The van der Waals surface area contributed by atoms with Gasteiger partial charge in [-0.3, -0.25) is 0 Å². The lowest BCUT2D eigenvalue weighted by atomic mass is 10.1. The van der Waals surface area contributed by atoms with Gasteiger partial charge in [0.1, 0.15) is 5.82 Å². The van der Waals surface area contributed by atoms with Crippen LogP contribution in [0.3, 0.4) is 0 Å². The number of nitrogens with zero attached hydrogens (tertiary/aromatic N) is 2. The molecular weight excluding hydrogens is 251 g/mol. The minimum atomic E-state index is -4.70. The van der Waals surface area contributed by atoms with E-state index >= 15 is 0 Å². The van der Waals surface area contributed by atoms with Gasteiger partial charge in [-0.15, -0.1) is 0 Å². The summed E-state index contributed by atoms with van der Waals surface area (Å²) in [6, 6.07) is 3.44. The quantitative estimate of drug-likeness (QED) is 0.814. The maximum absolute atomic E-state index is 12.4. The zero-order valence-electron chi connectivity index (χ0n) is 8.69. The summed E-state index contributed by atoms with van der Waals surface area (Å²) in [7, 11) is 0. The molecule has 1 aromatic carbocycles. The van der Waals surface area contributed by atoms with E-state index in [1.807, 2.05) is 0 Å². The van der Waals surface area contributed by atoms with Gasteiger partial charge in [0.15, 0.2) is 0 Å². The first-order chi connectivity index (χ1) is 8.29. The third-order valence-electron chi connectivity index (χ3n) is 2.23. The Kier molecular flexibility index (Phi) is 2.57. The normalized spacial score (nSPS) is 11.7. The number of carboxylic acid groups (broad SMARTS) is 1. The van der Waals surface area contributed by atoms with Crippen LogP contribution >= 0.6 is 0 Å². The summed E-state index contributed by atoms with van der Waals surface area (Å²) in [5, 5.41) is 8.83. The van der Waals surface area contributed by atoms with Gasteiger partial charge >= 0.3 is 12.1 Å². The second-order valence-electron chi connectivity index (χ2n) is 3.47. The molecule has 1 aromatic heterocycles. The van der Waals surface area contributed by atoms with Crippen molar-refractivity contribution in [3.8, 4) is 0 Å². The zero-order valence-corrected chi connectivity index (χ0v) is 8.69. The van der Waals surface area contributed by atoms with Crippen LogP contribution in [0.4, 0.5) is 19.0 Å². The van der Waals surface area contributed by atoms with E-state index in [9.17, 15) is 18.0 Å². The SMILES string of the molecule is Nc1nc(C(F)(F)F)nc2ccc(C(=O)O)cc12. The molecule has 0 amide bonds. The van der Waals surface area contributed by atoms with Crippen molar-refractivity contribution >= 4 is 22.7 Å². The molecule has 2 rings (SSSR count). The molecular formula is C10H6F3N3O2. The van der Waals surface area contributed by atoms with Crippen LogP contribution in [0.15, 0.2) is 18.2 Å². The van der Waals surface area contributed by atoms with E-state index in [1.54, 1.807) is 0 Å². The van der Waals surface area contributed by atoms with Crippen LogP contribution in [0, 0.1) is 0 Å². The van der Waals surface area contributed by atoms with Crippen molar-refractivity contribution in [1.82, 2.24) is 9.97 Å². The van der Waals surface area contributed by atoms with Gasteiger partial charge in [-0.1, -0.05) is 0 Å². The van der Waals surface area contributed by atoms with E-state index in [1.165, 1.54) is 0 Å². The van der Waals surface area contributed by atoms with Gasteiger partial charge in [0.25, 0.3) is 0 Å². The summed E-state index contributed by atoms with van der Waals surface area (Å²) in [5.41, 5.74) is 5.22. The minimum Gasteiger partial charge on any atom is -0.478 e. The Hall–Kier alpha value is -2.38. The summed E-state index contributed by atoms with van der Waals surface area (Å²) < 4.78 is 37.3. The highest BCUT2D eigenvalue weighted by molar-refractivity contribution is 5.96. The fourth-order valence-corrected chi connectivity index (χ4v) is 1.41. The molecule has 8 heteroatoms. The van der Waals surface area contributed by atoms with Crippen molar-refractivity contribution in [2.75, 3.05) is 5.73 Å². The second-order valence-corrected chi connectivity index (χ2v) is 3.47. The highest BCUT2D eigenvalue weighted by Gasteiger charge is 2.35. The first-order valence-electron chi connectivity index (χ1n) is 4.67. The Morgan fingerprint density at radius 2 is 1.94 bits per heavy atom. The molecule has 2 aromatic rings. The molecule has 0 saturated heterocycles. The number of alkyl halides is 3. The second kappa shape index (κ2) is 3.83. The Morgan fingerprint density at radius 1 is 1.28 bits per heavy atom. The average molecular weight is 257 g/mol. The monoisotopic (exact) mass is 257 g/mol. The summed E-state index contributed by atoms with van der Waals surface area (Å²) in [6.45, 7) is 0. The van der Waals surface area contributed by atoms with E-state index in [4.69, 9.17) is 10.8 Å². The van der Waals surface area contributed by atoms with Crippen LogP contribution in [-0.2, 0) is 6.18 Å². The number of carbonyl (C=O) groups is 1. The Bertz CT molecular complexity index is 640. The fraction of sp³-hybridized carbons (Fsp3) is 0.100. The van der Waals surface area contributed by atoms with Crippen molar-refractivity contribution in [2.24, 2.45) is 0 Å². The van der Waals surface area contributed by atoms with Crippen LogP contribution in [0.1, 0.15) is 16.2 Å². The lowest BCUT2D eigenvalue weighted by Crippen LogP contribution is -2.13. The van der Waals surface area contributed by atoms with Gasteiger partial charge in [0.05, 0.1) is 11.1 Å². The van der Waals surface area contributed by atoms with Crippen molar-refractivity contribution < 1.29 is 23.1 Å². The highest BCUT2D eigenvalue weighted by atomic mass is 19.4. The molecule has 3 N–H and O–H groups in total. The minimum absolute atomic E-state index is 0.0557. The van der Waals surface area contributed by atoms with Crippen LogP contribution < -0.4 is 5.73 Å². The zero-order chi connectivity index (χ0) is 13.5. The largest absolute Gasteiger partial charge is 0.478 e. The molecule has 1 heterocycles.